The van der Waals surface area contributed by atoms with Gasteiger partial charge in [0.1, 0.15) is 5.41 Å². The standard InChI is InChI=1S/C19H26N2O3/c1-21(2)10-9-13-4-7-16(8-5-13)20-17(22)19(18(23)24)12-14-3-6-15(19)11-14/h4-5,7-8,14-15H,3,6,9-12H2,1-2H3,(H,20,22)(H,23,24). The van der Waals surface area contributed by atoms with Gasteiger partial charge in [0.15, 0.2) is 0 Å². The molecule has 2 aliphatic rings. The Balaban J connectivity index is 1.69. The van der Waals surface area contributed by atoms with Gasteiger partial charge in [0, 0.05) is 12.2 Å². The van der Waals surface area contributed by atoms with Crippen LogP contribution in [0.5, 0.6) is 0 Å². The molecule has 5 nitrogen and oxygen atoms in total. The van der Waals surface area contributed by atoms with Crippen LogP contribution in [0.25, 0.3) is 0 Å². The molecular formula is C19H26N2O3. The lowest BCUT2D eigenvalue weighted by Crippen LogP contribution is -2.47. The number of fused-ring (bicyclic) bond motifs is 2. The molecule has 2 N–H and O–H groups in total. The number of benzene rings is 1. The van der Waals surface area contributed by atoms with Gasteiger partial charge in [0.05, 0.1) is 0 Å². The van der Waals surface area contributed by atoms with E-state index < -0.39 is 11.4 Å². The van der Waals surface area contributed by atoms with Crippen LogP contribution in [0.1, 0.15) is 31.2 Å². The Morgan fingerprint density at radius 3 is 2.46 bits per heavy atom. The first-order chi connectivity index (χ1) is 11.4. The summed E-state index contributed by atoms with van der Waals surface area (Å²) in [5.41, 5.74) is 0.651. The van der Waals surface area contributed by atoms with Gasteiger partial charge in [0.2, 0.25) is 5.91 Å². The van der Waals surface area contributed by atoms with E-state index in [0.29, 0.717) is 18.0 Å². The smallest absolute Gasteiger partial charge is 0.319 e. The molecule has 2 bridgehead atoms. The second kappa shape index (κ2) is 6.55. The highest BCUT2D eigenvalue weighted by Gasteiger charge is 2.60. The Morgan fingerprint density at radius 2 is 1.96 bits per heavy atom. The maximum absolute atomic E-state index is 12.8. The topological polar surface area (TPSA) is 69.6 Å². The van der Waals surface area contributed by atoms with E-state index in [2.05, 4.69) is 10.2 Å². The number of likely N-dealkylation sites (N-methyl/N-ethyl adjacent to an activating group) is 1. The van der Waals surface area contributed by atoms with E-state index in [1.165, 1.54) is 5.56 Å². The number of anilines is 1. The van der Waals surface area contributed by atoms with Crippen LogP contribution in [0, 0.1) is 17.3 Å². The molecule has 3 atom stereocenters. The summed E-state index contributed by atoms with van der Waals surface area (Å²) in [5.74, 6) is -0.928. The van der Waals surface area contributed by atoms with E-state index in [1.807, 2.05) is 38.4 Å². The lowest BCUT2D eigenvalue weighted by Gasteiger charge is -2.32. The molecule has 1 amide bonds. The van der Waals surface area contributed by atoms with Crippen LogP contribution in [0.2, 0.25) is 0 Å². The van der Waals surface area contributed by atoms with E-state index in [0.717, 1.165) is 32.2 Å². The molecule has 24 heavy (non-hydrogen) atoms. The zero-order valence-corrected chi connectivity index (χ0v) is 14.4. The fourth-order valence-electron chi connectivity index (χ4n) is 4.32. The minimum absolute atomic E-state index is 0.0145. The van der Waals surface area contributed by atoms with E-state index in [1.54, 1.807) is 0 Å². The second-order valence-electron chi connectivity index (χ2n) is 7.56. The average Bonchev–Trinajstić information content (AvgIpc) is 3.15. The van der Waals surface area contributed by atoms with Crippen LogP contribution in [-0.4, -0.2) is 42.5 Å². The third-order valence-corrected chi connectivity index (χ3v) is 5.70. The molecule has 3 unspecified atom stereocenters. The number of hydrogen-bond donors (Lipinski definition) is 2. The van der Waals surface area contributed by atoms with Gasteiger partial charge in [-0.25, -0.2) is 0 Å². The van der Waals surface area contributed by atoms with Crippen molar-refractivity contribution in [3.63, 3.8) is 0 Å². The Bertz CT molecular complexity index is 626. The highest BCUT2D eigenvalue weighted by atomic mass is 16.4. The molecule has 0 heterocycles. The summed E-state index contributed by atoms with van der Waals surface area (Å²) >= 11 is 0. The van der Waals surface area contributed by atoms with Crippen molar-refractivity contribution in [3.8, 4) is 0 Å². The number of rotatable bonds is 6. The Morgan fingerprint density at radius 1 is 1.25 bits per heavy atom. The number of nitrogens with one attached hydrogen (secondary N) is 1. The van der Waals surface area contributed by atoms with E-state index in [4.69, 9.17) is 0 Å². The Kier molecular flexibility index (Phi) is 4.63. The normalized spacial score (nSPS) is 28.3. The molecule has 0 saturated heterocycles. The SMILES string of the molecule is CN(C)CCc1ccc(NC(=O)C2(C(=O)O)CC3CCC2C3)cc1. The van der Waals surface area contributed by atoms with Crippen LogP contribution in [0.3, 0.4) is 0 Å². The number of carbonyl (C=O) groups is 2. The number of carbonyl (C=O) groups excluding carboxylic acids is 1. The molecule has 0 spiro atoms. The highest BCUT2D eigenvalue weighted by molar-refractivity contribution is 6.09. The second-order valence-corrected chi connectivity index (χ2v) is 7.56. The van der Waals surface area contributed by atoms with Crippen LogP contribution in [0.15, 0.2) is 24.3 Å². The molecule has 1 aromatic carbocycles. The molecular weight excluding hydrogens is 304 g/mol. The molecule has 130 valence electrons. The van der Waals surface area contributed by atoms with Crippen molar-refractivity contribution in [1.82, 2.24) is 4.90 Å². The van der Waals surface area contributed by atoms with Crippen molar-refractivity contribution in [2.45, 2.75) is 32.1 Å². The monoisotopic (exact) mass is 330 g/mol. The molecule has 5 heteroatoms. The fourth-order valence-corrected chi connectivity index (χ4v) is 4.32. The van der Waals surface area contributed by atoms with Crippen molar-refractivity contribution < 1.29 is 14.7 Å². The molecule has 2 aliphatic carbocycles. The van der Waals surface area contributed by atoms with E-state index >= 15 is 0 Å². The number of amides is 1. The van der Waals surface area contributed by atoms with Gasteiger partial charge in [-0.3, -0.25) is 9.59 Å². The molecule has 0 aliphatic heterocycles. The average molecular weight is 330 g/mol. The zero-order chi connectivity index (χ0) is 17.3. The molecule has 1 aromatic rings. The lowest BCUT2D eigenvalue weighted by molar-refractivity contribution is -0.157. The van der Waals surface area contributed by atoms with Crippen LogP contribution in [0.4, 0.5) is 5.69 Å². The molecule has 0 radical (unpaired) electrons. The minimum atomic E-state index is -1.23. The van der Waals surface area contributed by atoms with Gasteiger partial charge >= 0.3 is 5.97 Å². The lowest BCUT2D eigenvalue weighted by atomic mass is 9.72. The third-order valence-electron chi connectivity index (χ3n) is 5.70. The summed E-state index contributed by atoms with van der Waals surface area (Å²) in [6.07, 6.45) is 4.23. The van der Waals surface area contributed by atoms with Crippen molar-refractivity contribution >= 4 is 17.6 Å². The van der Waals surface area contributed by atoms with Gasteiger partial charge in [-0.2, -0.15) is 0 Å². The summed E-state index contributed by atoms with van der Waals surface area (Å²) in [5, 5.41) is 12.6. The summed E-state index contributed by atoms with van der Waals surface area (Å²) in [7, 11) is 4.07. The fraction of sp³-hybridized carbons (Fsp3) is 0.579. The predicted molar refractivity (Wildman–Crippen MR) is 92.8 cm³/mol. The first-order valence-corrected chi connectivity index (χ1v) is 8.70. The Labute approximate surface area is 143 Å². The van der Waals surface area contributed by atoms with Gasteiger partial charge in [0.25, 0.3) is 0 Å². The summed E-state index contributed by atoms with van der Waals surface area (Å²) < 4.78 is 0. The number of carboxylic acid groups (broad SMARTS) is 1. The maximum Gasteiger partial charge on any atom is 0.319 e. The summed E-state index contributed by atoms with van der Waals surface area (Å²) in [4.78, 5) is 26.8. The van der Waals surface area contributed by atoms with Crippen molar-refractivity contribution in [2.75, 3.05) is 26.0 Å². The number of carboxylic acids is 1. The minimum Gasteiger partial charge on any atom is -0.480 e. The van der Waals surface area contributed by atoms with Gasteiger partial charge in [-0.05, 0) is 69.3 Å². The van der Waals surface area contributed by atoms with Crippen molar-refractivity contribution in [3.05, 3.63) is 29.8 Å². The molecule has 2 fully saturated rings. The van der Waals surface area contributed by atoms with Crippen molar-refractivity contribution in [1.29, 1.82) is 0 Å². The van der Waals surface area contributed by atoms with E-state index in [9.17, 15) is 14.7 Å². The number of aliphatic carboxylic acids is 1. The summed E-state index contributed by atoms with van der Waals surface area (Å²) in [6.45, 7) is 0.969. The maximum atomic E-state index is 12.8. The summed E-state index contributed by atoms with van der Waals surface area (Å²) in [6, 6.07) is 7.72. The molecule has 0 aromatic heterocycles. The van der Waals surface area contributed by atoms with E-state index in [-0.39, 0.29) is 11.8 Å². The first-order valence-electron chi connectivity index (χ1n) is 8.70. The van der Waals surface area contributed by atoms with Gasteiger partial charge in [-0.15, -0.1) is 0 Å². The van der Waals surface area contributed by atoms with Gasteiger partial charge < -0.3 is 15.3 Å². The zero-order valence-electron chi connectivity index (χ0n) is 14.4. The predicted octanol–water partition coefficient (Wildman–Crippen LogP) is 2.62. The van der Waals surface area contributed by atoms with Crippen LogP contribution < -0.4 is 5.32 Å². The quantitative estimate of drug-likeness (QED) is 0.787. The largest absolute Gasteiger partial charge is 0.480 e. The molecule has 2 saturated carbocycles. The Hall–Kier alpha value is -1.88. The van der Waals surface area contributed by atoms with Crippen LogP contribution >= 0.6 is 0 Å². The highest BCUT2D eigenvalue weighted by Crippen LogP contribution is 2.56. The van der Waals surface area contributed by atoms with Crippen LogP contribution in [-0.2, 0) is 16.0 Å². The number of nitrogens with zero attached hydrogens (tertiary/aromatic N) is 1. The number of hydrogen-bond acceptors (Lipinski definition) is 3. The first kappa shape index (κ1) is 17.0. The van der Waals surface area contributed by atoms with Crippen molar-refractivity contribution in [2.24, 2.45) is 17.3 Å². The molecule has 3 rings (SSSR count). The third kappa shape index (κ3) is 3.05. The van der Waals surface area contributed by atoms with Gasteiger partial charge in [-0.1, -0.05) is 18.6 Å².